The molecule has 0 aromatic rings. The van der Waals surface area contributed by atoms with Crippen LogP contribution in [-0.4, -0.2) is 21.9 Å². The van der Waals surface area contributed by atoms with Gasteiger partial charge in [-0.15, -0.1) is 0 Å². The minimum absolute atomic E-state index is 0.299. The lowest BCUT2D eigenvalue weighted by molar-refractivity contribution is -0.0763. The lowest BCUT2D eigenvalue weighted by Gasteiger charge is -2.59. The van der Waals surface area contributed by atoms with E-state index in [-0.39, 0.29) is 0 Å². The molecule has 5 rings (SSSR count). The maximum absolute atomic E-state index is 11.0. The fourth-order valence-corrected chi connectivity index (χ4v) is 9.96. The number of aliphatic hydroxyl groups excluding tert-OH is 1. The van der Waals surface area contributed by atoms with Crippen LogP contribution in [0.1, 0.15) is 118 Å². The molecule has 190 valence electrons. The fourth-order valence-electron chi connectivity index (χ4n) is 9.96. The first-order chi connectivity index (χ1) is 16.1. The van der Waals surface area contributed by atoms with Crippen molar-refractivity contribution in [1.82, 2.24) is 0 Å². The molecule has 0 aliphatic heterocycles. The molecule has 9 atom stereocenters. The highest BCUT2D eigenvalue weighted by Crippen LogP contribution is 2.68. The number of nitrogens with zero attached hydrogens (tertiary/aromatic N) is 1. The van der Waals surface area contributed by atoms with Gasteiger partial charge in [0.2, 0.25) is 0 Å². The molecule has 0 amide bonds. The summed E-state index contributed by atoms with van der Waals surface area (Å²) in [6.45, 7) is 9.73. The summed E-state index contributed by atoms with van der Waals surface area (Å²) in [5.41, 5.74) is 1.39. The van der Waals surface area contributed by atoms with Crippen LogP contribution in [-0.2, 0) is 0 Å². The van der Waals surface area contributed by atoms with Crippen LogP contribution in [0.15, 0.2) is 11.6 Å². The summed E-state index contributed by atoms with van der Waals surface area (Å²) in [7, 11) is 0. The zero-order valence-corrected chi connectivity index (χ0v) is 22.3. The van der Waals surface area contributed by atoms with E-state index in [0.717, 1.165) is 81.5 Å². The Morgan fingerprint density at radius 1 is 1.06 bits per heavy atom. The topological polar surface area (TPSA) is 64.2 Å². The molecule has 0 spiro atoms. The number of fused-ring (bicyclic) bond motifs is 5. The Morgan fingerprint density at radius 2 is 1.82 bits per heavy atom. The van der Waals surface area contributed by atoms with Gasteiger partial charge < -0.3 is 10.2 Å². The Hall–Kier alpha value is -0.850. The van der Waals surface area contributed by atoms with E-state index in [9.17, 15) is 15.5 Å². The van der Waals surface area contributed by atoms with E-state index in [4.69, 9.17) is 0 Å². The number of hydrogen-bond acceptors (Lipinski definition) is 3. The van der Waals surface area contributed by atoms with E-state index in [0.29, 0.717) is 16.7 Å². The third kappa shape index (κ3) is 3.64. The second-order valence-electron chi connectivity index (χ2n) is 13.9. The summed E-state index contributed by atoms with van der Waals surface area (Å²) in [5, 5.41) is 31.4. The number of nitriles is 1. The molecule has 0 radical (unpaired) electrons. The van der Waals surface area contributed by atoms with E-state index < -0.39 is 17.1 Å². The Bertz CT molecular complexity index is 854. The van der Waals surface area contributed by atoms with Crippen LogP contribution in [0.4, 0.5) is 0 Å². The number of allylic oxidation sites excluding steroid dienone is 1. The molecule has 3 nitrogen and oxygen atoms in total. The minimum atomic E-state index is -0.469. The maximum atomic E-state index is 11.0. The van der Waals surface area contributed by atoms with Crippen molar-refractivity contribution in [3.05, 3.63) is 11.6 Å². The van der Waals surface area contributed by atoms with E-state index in [1.165, 1.54) is 32.1 Å². The summed E-state index contributed by atoms with van der Waals surface area (Å²) < 4.78 is 0. The minimum Gasteiger partial charge on any atom is -0.391 e. The van der Waals surface area contributed by atoms with E-state index in [1.54, 1.807) is 5.57 Å². The molecule has 0 bridgehead atoms. The van der Waals surface area contributed by atoms with Crippen molar-refractivity contribution in [1.29, 1.82) is 5.26 Å². The van der Waals surface area contributed by atoms with Crippen LogP contribution in [0.3, 0.4) is 0 Å². The van der Waals surface area contributed by atoms with Crippen LogP contribution in [0.25, 0.3) is 0 Å². The SMILES string of the molecule is CC[C@]1(O)CC[C@@]2(C)C(=CC[C@H]3[C@@H]4CC[C@H]([C@H](C)CC[C@H](O)C5(C#N)CCC5)[C@@]4(C)CC[C@@H]32)C1. The quantitative estimate of drug-likeness (QED) is 0.407. The van der Waals surface area contributed by atoms with Gasteiger partial charge in [-0.2, -0.15) is 5.26 Å². The first-order valence-corrected chi connectivity index (χ1v) is 14.6. The number of aliphatic hydroxyl groups is 2. The predicted molar refractivity (Wildman–Crippen MR) is 137 cm³/mol. The van der Waals surface area contributed by atoms with Gasteiger partial charge in [0.15, 0.2) is 0 Å². The lowest BCUT2D eigenvalue weighted by Crippen LogP contribution is -2.52. The predicted octanol–water partition coefficient (Wildman–Crippen LogP) is 7.18. The first-order valence-electron chi connectivity index (χ1n) is 14.6. The summed E-state index contributed by atoms with van der Waals surface area (Å²) in [4.78, 5) is 0. The highest BCUT2D eigenvalue weighted by molar-refractivity contribution is 5.27. The zero-order chi connectivity index (χ0) is 24.4. The average molecular weight is 468 g/mol. The normalized spacial score (nSPS) is 46.7. The molecule has 0 heterocycles. The number of hydrogen-bond donors (Lipinski definition) is 2. The molecular weight excluding hydrogens is 418 g/mol. The molecule has 4 fully saturated rings. The first kappa shape index (κ1) is 24.8. The molecule has 0 unspecified atom stereocenters. The Labute approximate surface area is 208 Å². The molecular formula is C31H49NO2. The third-order valence-electron chi connectivity index (χ3n) is 12.7. The van der Waals surface area contributed by atoms with Crippen molar-refractivity contribution in [2.24, 2.45) is 45.8 Å². The van der Waals surface area contributed by atoms with Crippen molar-refractivity contribution in [2.45, 2.75) is 129 Å². The summed E-state index contributed by atoms with van der Waals surface area (Å²) in [6, 6.07) is 2.46. The van der Waals surface area contributed by atoms with Gasteiger partial charge >= 0.3 is 0 Å². The molecule has 0 saturated heterocycles. The molecule has 5 aliphatic rings. The lowest BCUT2D eigenvalue weighted by atomic mass is 9.46. The van der Waals surface area contributed by atoms with Crippen LogP contribution < -0.4 is 0 Å². The second kappa shape index (κ2) is 8.62. The Balaban J connectivity index is 1.28. The monoisotopic (exact) mass is 467 g/mol. The van der Waals surface area contributed by atoms with Crippen LogP contribution in [0, 0.1) is 57.2 Å². The summed E-state index contributed by atoms with van der Waals surface area (Å²) in [5.74, 6) is 3.79. The largest absolute Gasteiger partial charge is 0.391 e. The molecule has 2 N–H and O–H groups in total. The zero-order valence-electron chi connectivity index (χ0n) is 22.3. The Kier molecular flexibility index (Phi) is 6.30. The van der Waals surface area contributed by atoms with Gasteiger partial charge in [0.1, 0.15) is 0 Å². The van der Waals surface area contributed by atoms with Crippen molar-refractivity contribution < 1.29 is 10.2 Å². The third-order valence-corrected chi connectivity index (χ3v) is 12.7. The van der Waals surface area contributed by atoms with Crippen molar-refractivity contribution in [2.75, 3.05) is 0 Å². The van der Waals surface area contributed by atoms with Gasteiger partial charge in [0.05, 0.1) is 23.2 Å². The van der Waals surface area contributed by atoms with Crippen molar-refractivity contribution in [3.63, 3.8) is 0 Å². The highest BCUT2D eigenvalue weighted by Gasteiger charge is 2.60. The smallest absolute Gasteiger partial charge is 0.0832 e. The van der Waals surface area contributed by atoms with Crippen LogP contribution in [0.5, 0.6) is 0 Å². The number of rotatable bonds is 6. The van der Waals surface area contributed by atoms with Gasteiger partial charge in [-0.25, -0.2) is 0 Å². The van der Waals surface area contributed by atoms with Crippen molar-refractivity contribution >= 4 is 0 Å². The molecule has 5 aliphatic carbocycles. The van der Waals surface area contributed by atoms with Crippen molar-refractivity contribution in [3.8, 4) is 6.07 Å². The fraction of sp³-hybridized carbons (Fsp3) is 0.903. The molecule has 0 aromatic heterocycles. The van der Waals surface area contributed by atoms with Gasteiger partial charge in [0, 0.05) is 0 Å². The maximum Gasteiger partial charge on any atom is 0.0832 e. The highest BCUT2D eigenvalue weighted by atomic mass is 16.3. The van der Waals surface area contributed by atoms with Gasteiger partial charge in [-0.05, 0) is 124 Å². The van der Waals surface area contributed by atoms with E-state index >= 15 is 0 Å². The second-order valence-corrected chi connectivity index (χ2v) is 13.9. The standard InChI is InChI=1S/C31H49NO2/c1-5-31(34)18-17-28(3)22(19-31)8-9-23-25-11-10-24(29(25,4)16-13-26(23)28)21(2)7-12-27(33)30(20-32)14-6-15-30/h8,21,23-27,33-34H,5-7,9-19H2,1-4H3/t21-,23+,24-,25+,26+,27+,28+,29-,31+/m1/s1. The average Bonchev–Trinajstić information content (AvgIpc) is 3.15. The molecule has 34 heavy (non-hydrogen) atoms. The molecule has 3 heteroatoms. The summed E-state index contributed by atoms with van der Waals surface area (Å²) >= 11 is 0. The Morgan fingerprint density at radius 3 is 2.47 bits per heavy atom. The van der Waals surface area contributed by atoms with Gasteiger partial charge in [-0.3, -0.25) is 0 Å². The van der Waals surface area contributed by atoms with Crippen LogP contribution in [0.2, 0.25) is 0 Å². The van der Waals surface area contributed by atoms with Gasteiger partial charge in [0.25, 0.3) is 0 Å². The van der Waals surface area contributed by atoms with E-state index in [2.05, 4.69) is 39.8 Å². The summed E-state index contributed by atoms with van der Waals surface area (Å²) in [6.07, 6.45) is 17.4. The molecule has 0 aromatic carbocycles. The van der Waals surface area contributed by atoms with Gasteiger partial charge in [-0.1, -0.05) is 45.8 Å². The molecule has 4 saturated carbocycles. The van der Waals surface area contributed by atoms with E-state index in [1.807, 2.05) is 0 Å². The van der Waals surface area contributed by atoms with Crippen LogP contribution >= 0.6 is 0 Å².